The molecule has 0 unspecified atom stereocenters. The van der Waals surface area contributed by atoms with Crippen LogP contribution in [0.4, 0.5) is 5.82 Å². The van der Waals surface area contributed by atoms with Gasteiger partial charge in [0.05, 0.1) is 12.8 Å². The molecule has 0 saturated heterocycles. The molecule has 1 aliphatic carbocycles. The van der Waals surface area contributed by atoms with Crippen molar-refractivity contribution < 1.29 is 4.74 Å². The van der Waals surface area contributed by atoms with Crippen LogP contribution in [0.5, 0.6) is 5.75 Å². The number of rotatable bonds is 3. The monoisotopic (exact) mass is 257 g/mol. The minimum absolute atomic E-state index is 0.388. The van der Waals surface area contributed by atoms with Crippen molar-refractivity contribution >= 4 is 5.82 Å². The molecule has 4 heteroatoms. The Morgan fingerprint density at radius 3 is 2.89 bits per heavy atom. The molecule has 0 bridgehead atoms. The third-order valence-corrected chi connectivity index (χ3v) is 3.52. The second-order valence-corrected chi connectivity index (χ2v) is 5.25. The van der Waals surface area contributed by atoms with Crippen molar-refractivity contribution in [1.29, 1.82) is 0 Å². The Labute approximate surface area is 113 Å². The molecule has 0 atom stereocenters. The van der Waals surface area contributed by atoms with E-state index in [0.717, 1.165) is 30.1 Å². The Balaban J connectivity index is 2.06. The van der Waals surface area contributed by atoms with E-state index in [1.165, 1.54) is 16.7 Å². The van der Waals surface area contributed by atoms with Crippen LogP contribution in [0.1, 0.15) is 25.0 Å². The topological polar surface area (TPSA) is 49.9 Å². The van der Waals surface area contributed by atoms with Gasteiger partial charge in [0.1, 0.15) is 5.75 Å². The zero-order valence-electron chi connectivity index (χ0n) is 11.6. The standard InChI is InChI=1S/C15H19N3O/c1-9(2)16-15-12-7-5-10-4-6-11(19-3)8-13(10)14(12)17-18-15/h4,6,8-9H,5,7H2,1-3H3,(H2,16,17,18). The summed E-state index contributed by atoms with van der Waals surface area (Å²) in [6.45, 7) is 4.25. The van der Waals surface area contributed by atoms with Crippen LogP contribution in [0.2, 0.25) is 0 Å². The van der Waals surface area contributed by atoms with Crippen molar-refractivity contribution in [2.75, 3.05) is 12.4 Å². The summed E-state index contributed by atoms with van der Waals surface area (Å²) in [4.78, 5) is 0. The highest BCUT2D eigenvalue weighted by molar-refractivity contribution is 5.75. The first-order chi connectivity index (χ1) is 9.19. The van der Waals surface area contributed by atoms with E-state index in [1.807, 2.05) is 6.07 Å². The molecule has 3 rings (SSSR count). The van der Waals surface area contributed by atoms with Gasteiger partial charge in [-0.05, 0) is 44.4 Å². The van der Waals surface area contributed by atoms with E-state index in [4.69, 9.17) is 4.74 Å². The molecule has 4 nitrogen and oxygen atoms in total. The summed E-state index contributed by atoms with van der Waals surface area (Å²) in [6.07, 6.45) is 2.08. The van der Waals surface area contributed by atoms with Gasteiger partial charge >= 0.3 is 0 Å². The zero-order chi connectivity index (χ0) is 13.4. The first kappa shape index (κ1) is 12.1. The molecule has 100 valence electrons. The number of hydrogen-bond donors (Lipinski definition) is 2. The molecule has 0 saturated carbocycles. The first-order valence-electron chi connectivity index (χ1n) is 6.70. The number of ether oxygens (including phenoxy) is 1. The maximum atomic E-state index is 5.32. The van der Waals surface area contributed by atoms with E-state index < -0.39 is 0 Å². The van der Waals surface area contributed by atoms with E-state index in [0.29, 0.717) is 6.04 Å². The summed E-state index contributed by atoms with van der Waals surface area (Å²) in [7, 11) is 1.70. The molecular formula is C15H19N3O. The highest BCUT2D eigenvalue weighted by Gasteiger charge is 2.22. The van der Waals surface area contributed by atoms with Gasteiger partial charge in [-0.25, -0.2) is 0 Å². The van der Waals surface area contributed by atoms with Gasteiger partial charge in [0.15, 0.2) is 5.82 Å². The van der Waals surface area contributed by atoms with Crippen LogP contribution in [-0.4, -0.2) is 23.3 Å². The molecule has 0 aliphatic heterocycles. The number of aromatic nitrogens is 2. The number of hydrogen-bond acceptors (Lipinski definition) is 3. The van der Waals surface area contributed by atoms with Gasteiger partial charge in [-0.15, -0.1) is 0 Å². The Hall–Kier alpha value is -1.97. The molecular weight excluding hydrogens is 238 g/mol. The van der Waals surface area contributed by atoms with Crippen LogP contribution >= 0.6 is 0 Å². The quantitative estimate of drug-likeness (QED) is 0.888. The fourth-order valence-corrected chi connectivity index (χ4v) is 2.62. The minimum atomic E-state index is 0.388. The SMILES string of the molecule is COc1ccc2c(c1)-c1[nH]nc(NC(C)C)c1CC2. The first-order valence-corrected chi connectivity index (χ1v) is 6.70. The summed E-state index contributed by atoms with van der Waals surface area (Å²) >= 11 is 0. The summed E-state index contributed by atoms with van der Waals surface area (Å²) in [6, 6.07) is 6.64. The van der Waals surface area contributed by atoms with Gasteiger partial charge in [-0.2, -0.15) is 5.10 Å². The second-order valence-electron chi connectivity index (χ2n) is 5.25. The molecule has 1 aliphatic rings. The molecule has 1 aromatic carbocycles. The predicted octanol–water partition coefficient (Wildman–Crippen LogP) is 3.00. The zero-order valence-corrected chi connectivity index (χ0v) is 11.6. The summed E-state index contributed by atoms with van der Waals surface area (Å²) < 4.78 is 5.32. The molecule has 0 radical (unpaired) electrons. The van der Waals surface area contributed by atoms with Crippen molar-refractivity contribution in [2.45, 2.75) is 32.7 Å². The maximum Gasteiger partial charge on any atom is 0.151 e. The van der Waals surface area contributed by atoms with Gasteiger partial charge < -0.3 is 10.1 Å². The number of anilines is 1. The fraction of sp³-hybridized carbons (Fsp3) is 0.400. The third kappa shape index (κ3) is 2.07. The highest BCUT2D eigenvalue weighted by atomic mass is 16.5. The van der Waals surface area contributed by atoms with E-state index in [1.54, 1.807) is 7.11 Å². The Bertz CT molecular complexity index is 601. The summed E-state index contributed by atoms with van der Waals surface area (Å²) in [5.74, 6) is 1.87. The molecule has 0 spiro atoms. The fourth-order valence-electron chi connectivity index (χ4n) is 2.62. The smallest absolute Gasteiger partial charge is 0.151 e. The van der Waals surface area contributed by atoms with E-state index >= 15 is 0 Å². The normalized spacial score (nSPS) is 13.1. The van der Waals surface area contributed by atoms with Crippen molar-refractivity contribution in [1.82, 2.24) is 10.2 Å². The predicted molar refractivity (Wildman–Crippen MR) is 76.7 cm³/mol. The lowest BCUT2D eigenvalue weighted by atomic mass is 9.90. The largest absolute Gasteiger partial charge is 0.497 e. The van der Waals surface area contributed by atoms with Crippen LogP contribution in [0.25, 0.3) is 11.3 Å². The van der Waals surface area contributed by atoms with Gasteiger partial charge in [0, 0.05) is 17.2 Å². The molecule has 2 aromatic rings. The average molecular weight is 257 g/mol. The lowest BCUT2D eigenvalue weighted by Crippen LogP contribution is -2.12. The number of fused-ring (bicyclic) bond motifs is 3. The summed E-state index contributed by atoms with van der Waals surface area (Å²) in [5, 5.41) is 11.0. The van der Waals surface area contributed by atoms with Crippen LogP contribution in [0, 0.1) is 0 Å². The average Bonchev–Trinajstić information content (AvgIpc) is 2.81. The van der Waals surface area contributed by atoms with Crippen LogP contribution in [0.3, 0.4) is 0 Å². The van der Waals surface area contributed by atoms with Gasteiger partial charge in [-0.1, -0.05) is 6.07 Å². The minimum Gasteiger partial charge on any atom is -0.497 e. The van der Waals surface area contributed by atoms with E-state index in [9.17, 15) is 0 Å². The molecule has 0 amide bonds. The van der Waals surface area contributed by atoms with Crippen molar-refractivity contribution in [3.05, 3.63) is 29.3 Å². The number of nitrogens with one attached hydrogen (secondary N) is 2. The number of aryl methyl sites for hydroxylation is 1. The molecule has 2 N–H and O–H groups in total. The third-order valence-electron chi connectivity index (χ3n) is 3.52. The molecule has 1 aromatic heterocycles. The molecule has 1 heterocycles. The molecule has 0 fully saturated rings. The highest BCUT2D eigenvalue weighted by Crippen LogP contribution is 2.37. The van der Waals surface area contributed by atoms with Crippen LogP contribution in [0.15, 0.2) is 18.2 Å². The van der Waals surface area contributed by atoms with Crippen molar-refractivity contribution in [2.24, 2.45) is 0 Å². The van der Waals surface area contributed by atoms with Gasteiger partial charge in [0.2, 0.25) is 0 Å². The van der Waals surface area contributed by atoms with Crippen LogP contribution < -0.4 is 10.1 Å². The Kier molecular flexibility index (Phi) is 2.93. The lowest BCUT2D eigenvalue weighted by Gasteiger charge is -2.18. The lowest BCUT2D eigenvalue weighted by molar-refractivity contribution is 0.415. The van der Waals surface area contributed by atoms with E-state index in [-0.39, 0.29) is 0 Å². The number of nitrogens with zero attached hydrogens (tertiary/aromatic N) is 1. The number of benzene rings is 1. The summed E-state index contributed by atoms with van der Waals surface area (Å²) in [5.41, 5.74) is 4.98. The number of methoxy groups -OCH3 is 1. The number of H-pyrrole nitrogens is 1. The van der Waals surface area contributed by atoms with Gasteiger partial charge in [0.25, 0.3) is 0 Å². The number of aromatic amines is 1. The Morgan fingerprint density at radius 1 is 1.32 bits per heavy atom. The van der Waals surface area contributed by atoms with Crippen LogP contribution in [-0.2, 0) is 12.8 Å². The van der Waals surface area contributed by atoms with Crippen molar-refractivity contribution in [3.63, 3.8) is 0 Å². The van der Waals surface area contributed by atoms with Gasteiger partial charge in [-0.3, -0.25) is 5.10 Å². The second kappa shape index (κ2) is 4.61. The van der Waals surface area contributed by atoms with E-state index in [2.05, 4.69) is 41.5 Å². The maximum absolute atomic E-state index is 5.32. The molecule has 19 heavy (non-hydrogen) atoms. The van der Waals surface area contributed by atoms with Crippen molar-refractivity contribution in [3.8, 4) is 17.0 Å². The Morgan fingerprint density at radius 2 is 2.16 bits per heavy atom.